The minimum Gasteiger partial charge on any atom is -0.319 e. The lowest BCUT2D eigenvalue weighted by molar-refractivity contribution is 0.598. The Balaban J connectivity index is 1.68. The van der Waals surface area contributed by atoms with Gasteiger partial charge in [0.15, 0.2) is 5.16 Å². The summed E-state index contributed by atoms with van der Waals surface area (Å²) in [4.78, 5) is 21.5. The highest BCUT2D eigenvalue weighted by atomic mass is 32.2. The monoisotopic (exact) mass is 429 g/mol. The van der Waals surface area contributed by atoms with E-state index in [4.69, 9.17) is 5.14 Å². The number of aryl methyl sites for hydroxylation is 2. The van der Waals surface area contributed by atoms with Crippen LogP contribution >= 0.6 is 11.8 Å². The van der Waals surface area contributed by atoms with E-state index in [0.29, 0.717) is 29.2 Å². The third-order valence-electron chi connectivity index (χ3n) is 4.54. The number of nitrogens with two attached hydrogens (primary N) is 1. The second-order valence-corrected chi connectivity index (χ2v) is 9.15. The summed E-state index contributed by atoms with van der Waals surface area (Å²) in [5.74, 6) is 0.463. The second-order valence-electron chi connectivity index (χ2n) is 6.64. The molecule has 0 amide bonds. The Bertz CT molecular complexity index is 1410. The maximum atomic E-state index is 12.4. The maximum Gasteiger partial charge on any atom is 0.258 e. The van der Waals surface area contributed by atoms with Crippen LogP contribution in [0.2, 0.25) is 0 Å². The van der Waals surface area contributed by atoms with Crippen molar-refractivity contribution < 1.29 is 8.42 Å². The molecular formula is C19H19N5O3S2. The molecule has 0 atom stereocenters. The Morgan fingerprint density at radius 1 is 1.14 bits per heavy atom. The first kappa shape index (κ1) is 19.6. The van der Waals surface area contributed by atoms with Crippen molar-refractivity contribution in [2.75, 3.05) is 0 Å². The van der Waals surface area contributed by atoms with Crippen LogP contribution in [0.3, 0.4) is 0 Å². The van der Waals surface area contributed by atoms with E-state index in [1.165, 1.54) is 34.4 Å². The normalized spacial score (nSPS) is 12.1. The molecule has 0 fully saturated rings. The molecule has 10 heteroatoms. The number of hydrogen-bond acceptors (Lipinski definition) is 6. The molecule has 0 saturated heterocycles. The van der Waals surface area contributed by atoms with Crippen molar-refractivity contribution in [2.24, 2.45) is 5.14 Å². The van der Waals surface area contributed by atoms with Crippen molar-refractivity contribution in [1.82, 2.24) is 18.9 Å². The Labute approximate surface area is 171 Å². The van der Waals surface area contributed by atoms with E-state index in [-0.39, 0.29) is 10.5 Å². The van der Waals surface area contributed by atoms with Gasteiger partial charge in [0.25, 0.3) is 5.56 Å². The summed E-state index contributed by atoms with van der Waals surface area (Å²) in [5.41, 5.74) is 3.49. The first-order valence-corrected chi connectivity index (χ1v) is 11.4. The molecule has 3 heterocycles. The smallest absolute Gasteiger partial charge is 0.258 e. The Hall–Kier alpha value is -2.69. The van der Waals surface area contributed by atoms with Gasteiger partial charge >= 0.3 is 0 Å². The van der Waals surface area contributed by atoms with Gasteiger partial charge in [0.1, 0.15) is 5.65 Å². The molecule has 0 aliphatic rings. The SMILES string of the molecule is CCn1c(SCc2cc(=O)n3cc(C)ccc3n2)nc2cc(S(N)(=O)=O)ccc21. The molecule has 4 rings (SSSR count). The fraction of sp³-hybridized carbons (Fsp3) is 0.211. The van der Waals surface area contributed by atoms with Crippen molar-refractivity contribution in [1.29, 1.82) is 0 Å². The average Bonchev–Trinajstić information content (AvgIpc) is 3.03. The summed E-state index contributed by atoms with van der Waals surface area (Å²) in [6, 6.07) is 9.92. The third kappa shape index (κ3) is 3.78. The topological polar surface area (TPSA) is 112 Å². The zero-order chi connectivity index (χ0) is 20.8. The number of nitrogens with zero attached hydrogens (tertiary/aromatic N) is 4. The second kappa shape index (κ2) is 7.29. The lowest BCUT2D eigenvalue weighted by Gasteiger charge is -2.07. The third-order valence-corrected chi connectivity index (χ3v) is 6.46. The standard InChI is InChI=1S/C19H19N5O3S2/c1-3-23-16-6-5-14(29(20,26)27)9-15(16)22-19(23)28-11-13-8-18(25)24-10-12(2)4-7-17(24)21-13/h4-10H,3,11H2,1-2H3,(H2,20,26,27). The van der Waals surface area contributed by atoms with Crippen LogP contribution in [0.4, 0.5) is 0 Å². The first-order chi connectivity index (χ1) is 13.8. The molecule has 2 N–H and O–H groups in total. The van der Waals surface area contributed by atoms with Gasteiger partial charge in [-0.25, -0.2) is 23.5 Å². The zero-order valence-corrected chi connectivity index (χ0v) is 17.5. The molecule has 0 saturated carbocycles. The average molecular weight is 430 g/mol. The van der Waals surface area contributed by atoms with Crippen molar-refractivity contribution in [3.8, 4) is 0 Å². The molecule has 150 valence electrons. The number of thioether (sulfide) groups is 1. The zero-order valence-electron chi connectivity index (χ0n) is 15.9. The van der Waals surface area contributed by atoms with E-state index in [9.17, 15) is 13.2 Å². The molecule has 0 aliphatic heterocycles. The summed E-state index contributed by atoms with van der Waals surface area (Å²) < 4.78 is 26.7. The molecule has 0 aliphatic carbocycles. The molecule has 0 radical (unpaired) electrons. The number of imidazole rings is 1. The lowest BCUT2D eigenvalue weighted by atomic mass is 10.3. The minimum atomic E-state index is -3.79. The van der Waals surface area contributed by atoms with Crippen molar-refractivity contribution in [2.45, 2.75) is 36.2 Å². The van der Waals surface area contributed by atoms with Crippen molar-refractivity contribution in [3.63, 3.8) is 0 Å². The molecule has 1 aromatic carbocycles. The fourth-order valence-corrected chi connectivity index (χ4v) is 4.66. The molecule has 4 aromatic rings. The van der Waals surface area contributed by atoms with Gasteiger partial charge in [-0.3, -0.25) is 9.20 Å². The molecular weight excluding hydrogens is 410 g/mol. The van der Waals surface area contributed by atoms with Gasteiger partial charge in [0.2, 0.25) is 10.0 Å². The molecule has 0 bridgehead atoms. The summed E-state index contributed by atoms with van der Waals surface area (Å²) in [5, 5.41) is 5.94. The van der Waals surface area contributed by atoms with Gasteiger partial charge in [0, 0.05) is 24.6 Å². The Morgan fingerprint density at radius 3 is 2.66 bits per heavy atom. The predicted molar refractivity (Wildman–Crippen MR) is 113 cm³/mol. The van der Waals surface area contributed by atoms with Gasteiger partial charge in [-0.2, -0.15) is 0 Å². The van der Waals surface area contributed by atoms with Crippen molar-refractivity contribution in [3.05, 3.63) is 64.2 Å². The number of benzene rings is 1. The molecule has 0 unspecified atom stereocenters. The fourth-order valence-electron chi connectivity index (χ4n) is 3.15. The summed E-state index contributed by atoms with van der Waals surface area (Å²) >= 11 is 1.44. The van der Waals surface area contributed by atoms with Crippen LogP contribution < -0.4 is 10.7 Å². The van der Waals surface area contributed by atoms with Gasteiger partial charge in [0.05, 0.1) is 21.6 Å². The van der Waals surface area contributed by atoms with Crippen LogP contribution in [0.25, 0.3) is 16.7 Å². The van der Waals surface area contributed by atoms with Gasteiger partial charge in [-0.05, 0) is 43.7 Å². The molecule has 3 aromatic heterocycles. The van der Waals surface area contributed by atoms with E-state index in [2.05, 4.69) is 9.97 Å². The lowest BCUT2D eigenvalue weighted by Crippen LogP contribution is -2.15. The predicted octanol–water partition coefficient (Wildman–Crippen LogP) is 2.31. The van der Waals surface area contributed by atoms with Crippen LogP contribution in [0.1, 0.15) is 18.2 Å². The van der Waals surface area contributed by atoms with E-state index in [1.807, 2.05) is 30.5 Å². The van der Waals surface area contributed by atoms with Crippen LogP contribution in [-0.2, 0) is 22.3 Å². The Kier molecular flexibility index (Phi) is 4.93. The van der Waals surface area contributed by atoms with Gasteiger partial charge < -0.3 is 4.57 Å². The highest BCUT2D eigenvalue weighted by Gasteiger charge is 2.15. The molecule has 8 nitrogen and oxygen atoms in total. The summed E-state index contributed by atoms with van der Waals surface area (Å²) in [7, 11) is -3.79. The molecule has 0 spiro atoms. The van der Waals surface area contributed by atoms with E-state index in [1.54, 1.807) is 12.3 Å². The highest BCUT2D eigenvalue weighted by Crippen LogP contribution is 2.27. The number of hydrogen-bond donors (Lipinski definition) is 1. The Morgan fingerprint density at radius 2 is 1.93 bits per heavy atom. The van der Waals surface area contributed by atoms with E-state index < -0.39 is 10.0 Å². The summed E-state index contributed by atoms with van der Waals surface area (Å²) in [6.07, 6.45) is 1.77. The quantitative estimate of drug-likeness (QED) is 0.487. The van der Waals surface area contributed by atoms with Gasteiger partial charge in [-0.15, -0.1) is 0 Å². The minimum absolute atomic E-state index is 0.0295. The maximum absolute atomic E-state index is 12.4. The number of sulfonamides is 1. The summed E-state index contributed by atoms with van der Waals surface area (Å²) in [6.45, 7) is 4.58. The van der Waals surface area contributed by atoms with E-state index in [0.717, 1.165) is 16.2 Å². The highest BCUT2D eigenvalue weighted by molar-refractivity contribution is 7.98. The first-order valence-electron chi connectivity index (χ1n) is 8.91. The van der Waals surface area contributed by atoms with Crippen LogP contribution in [0.15, 0.2) is 57.4 Å². The molecule has 29 heavy (non-hydrogen) atoms. The van der Waals surface area contributed by atoms with E-state index >= 15 is 0 Å². The number of rotatable bonds is 5. The van der Waals surface area contributed by atoms with Crippen LogP contribution in [-0.4, -0.2) is 27.4 Å². The number of primary sulfonamides is 1. The van der Waals surface area contributed by atoms with Crippen molar-refractivity contribution >= 4 is 38.5 Å². The van der Waals surface area contributed by atoms with Crippen LogP contribution in [0, 0.1) is 6.92 Å². The van der Waals surface area contributed by atoms with Gasteiger partial charge in [-0.1, -0.05) is 17.8 Å². The number of aromatic nitrogens is 4. The van der Waals surface area contributed by atoms with Crippen LogP contribution in [0.5, 0.6) is 0 Å². The number of fused-ring (bicyclic) bond motifs is 2. The largest absolute Gasteiger partial charge is 0.319 e. The number of pyridine rings is 1.